The minimum atomic E-state index is -0.306. The fourth-order valence-electron chi connectivity index (χ4n) is 1.87. The molecular formula is C12H18N2OS. The van der Waals surface area contributed by atoms with Gasteiger partial charge >= 0.3 is 0 Å². The number of hydrogen-bond donors (Lipinski definition) is 1. The molecule has 0 fully saturated rings. The van der Waals surface area contributed by atoms with Gasteiger partial charge in [-0.15, -0.1) is 11.8 Å². The van der Waals surface area contributed by atoms with E-state index < -0.39 is 0 Å². The monoisotopic (exact) mass is 238 g/mol. The van der Waals surface area contributed by atoms with Gasteiger partial charge in [0.1, 0.15) is 11.4 Å². The maximum Gasteiger partial charge on any atom is 0.116 e. The maximum absolute atomic E-state index is 9.52. The van der Waals surface area contributed by atoms with Crippen molar-refractivity contribution in [3.05, 3.63) is 17.6 Å². The number of nitrogens with zero attached hydrogens (tertiary/aromatic N) is 2. The van der Waals surface area contributed by atoms with Gasteiger partial charge in [0.15, 0.2) is 0 Å². The van der Waals surface area contributed by atoms with E-state index >= 15 is 0 Å². The van der Waals surface area contributed by atoms with Crippen LogP contribution < -0.4 is 0 Å². The summed E-state index contributed by atoms with van der Waals surface area (Å²) in [5, 5.41) is 10.8. The van der Waals surface area contributed by atoms with Gasteiger partial charge in [0.05, 0.1) is 6.10 Å². The number of aliphatic hydroxyl groups is 1. The van der Waals surface area contributed by atoms with E-state index in [0.717, 1.165) is 17.9 Å². The molecule has 0 spiro atoms. The quantitative estimate of drug-likeness (QED) is 0.648. The summed E-state index contributed by atoms with van der Waals surface area (Å²) in [4.78, 5) is 8.70. The summed E-state index contributed by atoms with van der Waals surface area (Å²) < 4.78 is 0. The van der Waals surface area contributed by atoms with E-state index in [0.29, 0.717) is 0 Å². The lowest BCUT2D eigenvalue weighted by Gasteiger charge is -2.19. The summed E-state index contributed by atoms with van der Waals surface area (Å²) in [6.07, 6.45) is 5.98. The van der Waals surface area contributed by atoms with Crippen LogP contribution in [0.5, 0.6) is 0 Å². The topological polar surface area (TPSA) is 46.0 Å². The zero-order valence-corrected chi connectivity index (χ0v) is 10.6. The summed E-state index contributed by atoms with van der Waals surface area (Å²) in [6.45, 7) is 3.86. The van der Waals surface area contributed by atoms with Gasteiger partial charge in [-0.1, -0.05) is 6.92 Å². The average Bonchev–Trinajstić information content (AvgIpc) is 2.29. The van der Waals surface area contributed by atoms with E-state index in [2.05, 4.69) is 9.97 Å². The minimum absolute atomic E-state index is 0.181. The van der Waals surface area contributed by atoms with E-state index in [9.17, 15) is 5.11 Å². The van der Waals surface area contributed by atoms with Crippen LogP contribution in [0.2, 0.25) is 0 Å². The molecule has 1 aliphatic carbocycles. The molecule has 0 radical (unpaired) electrons. The molecule has 2 unspecified atom stereocenters. The first-order chi connectivity index (χ1) is 7.68. The molecule has 88 valence electrons. The largest absolute Gasteiger partial charge is 0.392 e. The lowest BCUT2D eigenvalue weighted by atomic mass is 9.98. The minimum Gasteiger partial charge on any atom is -0.392 e. The van der Waals surface area contributed by atoms with Crippen molar-refractivity contribution in [3.8, 4) is 0 Å². The van der Waals surface area contributed by atoms with Gasteiger partial charge in [-0.2, -0.15) is 0 Å². The molecule has 0 amide bonds. The summed E-state index contributed by atoms with van der Waals surface area (Å²) >= 11 is 1.67. The number of aliphatic hydroxyl groups excluding tert-OH is 1. The Morgan fingerprint density at radius 3 is 2.75 bits per heavy atom. The number of rotatable bonds is 3. The molecule has 16 heavy (non-hydrogen) atoms. The van der Waals surface area contributed by atoms with E-state index in [1.807, 2.05) is 13.8 Å². The molecule has 3 nitrogen and oxygen atoms in total. The Balaban J connectivity index is 2.20. The first-order valence-electron chi connectivity index (χ1n) is 5.86. The fourth-order valence-corrected chi connectivity index (χ4v) is 2.89. The Labute approximate surface area is 101 Å². The predicted octanol–water partition coefficient (Wildman–Crippen LogP) is 2.22. The van der Waals surface area contributed by atoms with E-state index in [1.165, 1.54) is 24.1 Å². The van der Waals surface area contributed by atoms with Crippen LogP contribution in [0.3, 0.4) is 0 Å². The fraction of sp³-hybridized carbons (Fsp3) is 0.667. The van der Waals surface area contributed by atoms with Crippen molar-refractivity contribution in [1.29, 1.82) is 0 Å². The Morgan fingerprint density at radius 1 is 1.25 bits per heavy atom. The second-order valence-corrected chi connectivity index (χ2v) is 5.74. The molecule has 2 atom stereocenters. The normalized spacial score (nSPS) is 18.9. The number of fused-ring (bicyclic) bond motifs is 1. The van der Waals surface area contributed by atoms with Gasteiger partial charge in [-0.25, -0.2) is 9.97 Å². The number of hydrogen-bond acceptors (Lipinski definition) is 4. The molecule has 1 N–H and O–H groups in total. The Hall–Kier alpha value is -0.610. The van der Waals surface area contributed by atoms with E-state index in [4.69, 9.17) is 0 Å². The van der Waals surface area contributed by atoms with Crippen molar-refractivity contribution in [1.82, 2.24) is 9.97 Å². The number of aromatic nitrogens is 2. The Kier molecular flexibility index (Phi) is 3.82. The van der Waals surface area contributed by atoms with Crippen molar-refractivity contribution in [2.45, 2.75) is 55.9 Å². The lowest BCUT2D eigenvalue weighted by molar-refractivity contribution is 0.196. The molecule has 0 aliphatic heterocycles. The van der Waals surface area contributed by atoms with Gasteiger partial charge < -0.3 is 5.11 Å². The molecule has 2 rings (SSSR count). The van der Waals surface area contributed by atoms with Gasteiger partial charge in [-0.05, 0) is 32.6 Å². The van der Waals surface area contributed by atoms with Crippen LogP contribution >= 0.6 is 11.8 Å². The van der Waals surface area contributed by atoms with Gasteiger partial charge in [0, 0.05) is 16.5 Å². The van der Waals surface area contributed by atoms with Crippen LogP contribution in [0.15, 0.2) is 11.4 Å². The first-order valence-corrected chi connectivity index (χ1v) is 6.74. The number of aryl methyl sites for hydroxylation is 1. The summed E-state index contributed by atoms with van der Waals surface area (Å²) in [5.74, 6) is 0. The second-order valence-electron chi connectivity index (χ2n) is 4.37. The second kappa shape index (κ2) is 5.15. The van der Waals surface area contributed by atoms with Crippen LogP contribution in [0.1, 0.15) is 37.9 Å². The molecule has 0 saturated heterocycles. The molecule has 4 heteroatoms. The predicted molar refractivity (Wildman–Crippen MR) is 65.7 cm³/mol. The van der Waals surface area contributed by atoms with Crippen molar-refractivity contribution in [3.63, 3.8) is 0 Å². The molecule has 1 aromatic heterocycles. The van der Waals surface area contributed by atoms with Crippen LogP contribution in [-0.2, 0) is 12.8 Å². The zero-order chi connectivity index (χ0) is 11.5. The zero-order valence-electron chi connectivity index (χ0n) is 9.81. The van der Waals surface area contributed by atoms with Gasteiger partial charge in [-0.3, -0.25) is 0 Å². The number of thioether (sulfide) groups is 1. The van der Waals surface area contributed by atoms with Crippen LogP contribution in [0.25, 0.3) is 0 Å². The molecular weight excluding hydrogens is 220 g/mol. The highest BCUT2D eigenvalue weighted by atomic mass is 32.2. The molecule has 0 saturated carbocycles. The molecule has 0 aromatic carbocycles. The average molecular weight is 238 g/mol. The first kappa shape index (κ1) is 11.9. The molecule has 1 aromatic rings. The smallest absolute Gasteiger partial charge is 0.116 e. The van der Waals surface area contributed by atoms with Crippen LogP contribution in [-0.4, -0.2) is 26.4 Å². The van der Waals surface area contributed by atoms with Gasteiger partial charge in [0.25, 0.3) is 0 Å². The van der Waals surface area contributed by atoms with Crippen molar-refractivity contribution < 1.29 is 5.11 Å². The third-order valence-corrected chi connectivity index (χ3v) is 4.40. The third-order valence-electron chi connectivity index (χ3n) is 3.06. The Morgan fingerprint density at radius 2 is 2.00 bits per heavy atom. The third kappa shape index (κ3) is 2.55. The van der Waals surface area contributed by atoms with Crippen molar-refractivity contribution in [2.75, 3.05) is 0 Å². The van der Waals surface area contributed by atoms with E-state index in [-0.39, 0.29) is 11.4 Å². The van der Waals surface area contributed by atoms with Crippen molar-refractivity contribution >= 4 is 11.8 Å². The highest BCUT2D eigenvalue weighted by molar-refractivity contribution is 7.99. The standard InChI is InChI=1S/C12H18N2OS/c1-8(15)9(2)16-12-10-5-3-4-6-11(10)13-7-14-12/h7-9,15H,3-6H2,1-2H3. The highest BCUT2D eigenvalue weighted by Gasteiger charge is 2.19. The van der Waals surface area contributed by atoms with Crippen molar-refractivity contribution in [2.24, 2.45) is 0 Å². The lowest BCUT2D eigenvalue weighted by Crippen LogP contribution is -2.16. The maximum atomic E-state index is 9.52. The van der Waals surface area contributed by atoms with Gasteiger partial charge in [0.2, 0.25) is 0 Å². The highest BCUT2D eigenvalue weighted by Crippen LogP contribution is 2.31. The summed E-state index contributed by atoms with van der Waals surface area (Å²) in [5.41, 5.74) is 2.52. The summed E-state index contributed by atoms with van der Waals surface area (Å²) in [7, 11) is 0. The SMILES string of the molecule is CC(O)C(C)Sc1ncnc2c1CCCC2. The van der Waals surface area contributed by atoms with Crippen LogP contribution in [0, 0.1) is 0 Å². The van der Waals surface area contributed by atoms with Crippen LogP contribution in [0.4, 0.5) is 0 Å². The molecule has 1 aliphatic rings. The molecule has 1 heterocycles. The Bertz CT molecular complexity index is 368. The van der Waals surface area contributed by atoms with E-state index in [1.54, 1.807) is 18.1 Å². The molecule has 0 bridgehead atoms. The summed E-state index contributed by atoms with van der Waals surface area (Å²) in [6, 6.07) is 0.